The number of hydrogen-bond acceptors (Lipinski definition) is 1. The zero-order valence-corrected chi connectivity index (χ0v) is 10.1. The van der Waals surface area contributed by atoms with E-state index in [0.717, 1.165) is 0 Å². The van der Waals surface area contributed by atoms with Gasteiger partial charge in [-0.3, -0.25) is 0 Å². The van der Waals surface area contributed by atoms with Crippen LogP contribution < -0.4 is 0 Å². The van der Waals surface area contributed by atoms with Crippen LogP contribution in [0.4, 0.5) is 0 Å². The van der Waals surface area contributed by atoms with Crippen molar-refractivity contribution in [2.24, 2.45) is 0 Å². The Kier molecular flexibility index (Phi) is 64.0. The molecule has 0 aromatic rings. The van der Waals surface area contributed by atoms with Crippen molar-refractivity contribution in [2.45, 2.75) is 0 Å². The van der Waals surface area contributed by atoms with Gasteiger partial charge < -0.3 is 0 Å². The average Bonchev–Trinajstić information content (AvgIpc) is 1.00. The van der Waals surface area contributed by atoms with E-state index in [1.54, 1.807) is 0 Å². The number of rotatable bonds is 0. The van der Waals surface area contributed by atoms with Gasteiger partial charge in [-0.1, -0.05) is 0 Å². The molecule has 0 aliphatic heterocycles. The van der Waals surface area contributed by atoms with Crippen molar-refractivity contribution in [3.63, 3.8) is 0 Å². The van der Waals surface area contributed by atoms with Crippen LogP contribution in [0, 0.1) is 40.4 Å². The van der Waals surface area contributed by atoms with Gasteiger partial charge in [0, 0.05) is 89.3 Å². The van der Waals surface area contributed by atoms with Crippen molar-refractivity contribution in [2.75, 3.05) is 0 Å². The Morgan fingerprint density at radius 1 is 1.25 bits per heavy atom. The summed E-state index contributed by atoms with van der Waals surface area (Å²) < 4.78 is 7.81. The van der Waals surface area contributed by atoms with Crippen molar-refractivity contribution >= 4 is 48.9 Å². The minimum absolute atomic E-state index is 0. The summed E-state index contributed by atoms with van der Waals surface area (Å²) in [6.07, 6.45) is 0. The molecular formula is BaCuOPm. The second-order valence-corrected chi connectivity index (χ2v) is 0. The van der Waals surface area contributed by atoms with Gasteiger partial charge in [0.1, 0.15) is 0 Å². The Balaban J connectivity index is -0.00000000500. The van der Waals surface area contributed by atoms with Crippen LogP contribution in [0.2, 0.25) is 0 Å². The summed E-state index contributed by atoms with van der Waals surface area (Å²) in [6, 6.07) is 0. The fourth-order valence-corrected chi connectivity index (χ4v) is 0. The van der Waals surface area contributed by atoms with Gasteiger partial charge in [0.25, 0.3) is 0 Å². The zero-order chi connectivity index (χ0) is 2.00. The average molecular weight is 362 g/mol. The summed E-state index contributed by atoms with van der Waals surface area (Å²) in [5.74, 6) is 0. The second kappa shape index (κ2) is 16.3. The summed E-state index contributed by atoms with van der Waals surface area (Å²) in [5, 5.41) is 0. The molecule has 0 heterocycles. The summed E-state index contributed by atoms with van der Waals surface area (Å²) >= 11 is 2.94. The standard InChI is InChI=1S/Ba.Cu.O.Pm. The van der Waals surface area contributed by atoms with Crippen molar-refractivity contribution in [3.05, 3.63) is 0 Å². The smallest absolute Gasteiger partial charge is 0 e. The van der Waals surface area contributed by atoms with Gasteiger partial charge in [-0.15, -0.1) is 0 Å². The van der Waals surface area contributed by atoms with Gasteiger partial charge in [-0.05, 0) is 0 Å². The van der Waals surface area contributed by atoms with E-state index in [-0.39, 0.29) is 89.3 Å². The van der Waals surface area contributed by atoms with Crippen LogP contribution in [-0.2, 0) is 19.8 Å². The molecule has 0 saturated heterocycles. The van der Waals surface area contributed by atoms with Crippen molar-refractivity contribution in [3.8, 4) is 0 Å². The molecule has 0 aromatic heterocycles. The van der Waals surface area contributed by atoms with Crippen LogP contribution in [-0.4, -0.2) is 48.9 Å². The van der Waals surface area contributed by atoms with Gasteiger partial charge in [0.2, 0.25) is 0 Å². The third kappa shape index (κ3) is 8.97. The summed E-state index contributed by atoms with van der Waals surface area (Å²) in [4.78, 5) is 0. The SMILES string of the molecule is [Ba].[O]=[Cu].[Pm]. The first-order chi connectivity index (χ1) is 1.00. The molecule has 0 saturated carbocycles. The molecule has 3 radical (unpaired) electrons. The minimum atomic E-state index is 0. The van der Waals surface area contributed by atoms with Crippen LogP contribution in [0.25, 0.3) is 0 Å². The normalized spacial score (nSPS) is 1.50. The molecule has 0 spiro atoms. The van der Waals surface area contributed by atoms with Crippen LogP contribution in [0.15, 0.2) is 0 Å². The third-order valence-corrected chi connectivity index (χ3v) is 0. The van der Waals surface area contributed by atoms with Gasteiger partial charge in [0.15, 0.2) is 0 Å². The monoisotopic (exact) mass is 362 g/mol. The van der Waals surface area contributed by atoms with Crippen molar-refractivity contribution in [1.29, 1.82) is 0 Å². The van der Waals surface area contributed by atoms with Crippen molar-refractivity contribution < 1.29 is 60.2 Å². The molecule has 0 unspecified atom stereocenters. The van der Waals surface area contributed by atoms with Gasteiger partial charge in [-0.25, -0.2) is 0 Å². The largest absolute Gasteiger partial charge is 0 e. The summed E-state index contributed by atoms with van der Waals surface area (Å²) in [5.41, 5.74) is 0. The van der Waals surface area contributed by atoms with E-state index in [1.165, 1.54) is 0 Å². The van der Waals surface area contributed by atoms with Gasteiger partial charge >= 0.3 is 19.8 Å². The fourth-order valence-electron chi connectivity index (χ4n) is 0. The topological polar surface area (TPSA) is 17.1 Å². The molecule has 0 fully saturated rings. The predicted molar refractivity (Wildman–Crippen MR) is 6.44 cm³/mol. The maximum absolute atomic E-state index is 7.81. The fraction of sp³-hybridized carbons (Fsp3) is 0. The van der Waals surface area contributed by atoms with E-state index in [1.807, 2.05) is 0 Å². The van der Waals surface area contributed by atoms with E-state index >= 15 is 0 Å². The van der Waals surface area contributed by atoms with Gasteiger partial charge in [-0.2, -0.15) is 0 Å². The first kappa shape index (κ1) is 15.7. The van der Waals surface area contributed by atoms with E-state index in [2.05, 4.69) is 15.9 Å². The molecule has 0 aromatic carbocycles. The maximum atomic E-state index is 7.81. The Labute approximate surface area is 106 Å². The van der Waals surface area contributed by atoms with Crippen LogP contribution in [0.1, 0.15) is 0 Å². The summed E-state index contributed by atoms with van der Waals surface area (Å²) in [6.45, 7) is 0. The van der Waals surface area contributed by atoms with Crippen LogP contribution >= 0.6 is 0 Å². The van der Waals surface area contributed by atoms with Crippen LogP contribution in [0.5, 0.6) is 0 Å². The van der Waals surface area contributed by atoms with E-state index in [4.69, 9.17) is 3.83 Å². The molecule has 0 N–H and O–H groups in total. The molecule has 24 valence electrons. The number of hydrogen-bond donors (Lipinski definition) is 0. The Hall–Kier alpha value is 3.23. The molecule has 0 atom stereocenters. The minimum Gasteiger partial charge on any atom is 0 e. The molecule has 4 heavy (non-hydrogen) atoms. The molecule has 0 rings (SSSR count). The second-order valence-electron chi connectivity index (χ2n) is 0. The van der Waals surface area contributed by atoms with E-state index in [0.29, 0.717) is 0 Å². The molecule has 4 heteroatoms. The van der Waals surface area contributed by atoms with Gasteiger partial charge in [0.05, 0.1) is 0 Å². The molecule has 1 nitrogen and oxygen atoms in total. The zero-order valence-electron chi connectivity index (χ0n) is 1.86. The first-order valence-corrected chi connectivity index (χ1v) is 0.508. The predicted octanol–water partition coefficient (Wildman–Crippen LogP) is -0.502. The molecular weight excluding hydrogens is 362 g/mol. The summed E-state index contributed by atoms with van der Waals surface area (Å²) in [7, 11) is 0. The third-order valence-electron chi connectivity index (χ3n) is 0. The molecule has 0 aliphatic rings. The Morgan fingerprint density at radius 3 is 1.25 bits per heavy atom. The maximum Gasteiger partial charge on any atom is 0 e. The Morgan fingerprint density at radius 2 is 1.25 bits per heavy atom. The van der Waals surface area contributed by atoms with E-state index in [9.17, 15) is 0 Å². The molecule has 0 bridgehead atoms. The first-order valence-electron chi connectivity index (χ1n) is 0.123. The molecule has 0 amide bonds. The van der Waals surface area contributed by atoms with Crippen LogP contribution in [0.3, 0.4) is 0 Å². The quantitative estimate of drug-likeness (QED) is 0.532. The van der Waals surface area contributed by atoms with E-state index < -0.39 is 0 Å². The van der Waals surface area contributed by atoms with Crippen molar-refractivity contribution in [1.82, 2.24) is 0 Å². The molecule has 0 aliphatic carbocycles. The Bertz CT molecular complexity index is 8.00.